The first-order valence-corrected chi connectivity index (χ1v) is 11.2. The molecule has 0 saturated heterocycles. The highest BCUT2D eigenvalue weighted by molar-refractivity contribution is 6.07. The van der Waals surface area contributed by atoms with Crippen molar-refractivity contribution in [2.24, 2.45) is 0 Å². The van der Waals surface area contributed by atoms with Crippen molar-refractivity contribution in [3.63, 3.8) is 0 Å². The van der Waals surface area contributed by atoms with Crippen LogP contribution in [0.4, 0.5) is 39.5 Å². The highest BCUT2D eigenvalue weighted by Gasteiger charge is 2.31. The Balaban J connectivity index is 1.60. The molecule has 3 amide bonds. The van der Waals surface area contributed by atoms with E-state index in [9.17, 15) is 27.2 Å². The van der Waals surface area contributed by atoms with Crippen molar-refractivity contribution in [1.29, 1.82) is 0 Å². The van der Waals surface area contributed by atoms with Gasteiger partial charge in [0.2, 0.25) is 0 Å². The maximum atomic E-state index is 13.6. The van der Waals surface area contributed by atoms with E-state index in [1.54, 1.807) is 12.1 Å². The fraction of sp³-hybridized carbons (Fsp3) is 0.200. The minimum atomic E-state index is -4.77. The lowest BCUT2D eigenvalue weighted by Gasteiger charge is -2.20. The SMILES string of the molecule is CC(C)(C)NC(=O)c1cn2ncnc(N)c2c1-c1ccc(NC(=O)Nc2cc(F)cc(C(F)(F)F)c2)cc1. The number of benzene rings is 2. The first kappa shape index (κ1) is 26.4. The van der Waals surface area contributed by atoms with Crippen molar-refractivity contribution in [2.75, 3.05) is 16.4 Å². The first-order chi connectivity index (χ1) is 17.7. The number of nitrogen functional groups attached to an aromatic ring is 1. The fourth-order valence-electron chi connectivity index (χ4n) is 3.75. The van der Waals surface area contributed by atoms with Crippen LogP contribution in [0.3, 0.4) is 0 Å². The molecule has 2 aromatic carbocycles. The van der Waals surface area contributed by atoms with Crippen LogP contribution in [0, 0.1) is 5.82 Å². The van der Waals surface area contributed by atoms with Crippen LogP contribution < -0.4 is 21.7 Å². The number of hydrogen-bond acceptors (Lipinski definition) is 5. The third-order valence-electron chi connectivity index (χ3n) is 5.25. The van der Waals surface area contributed by atoms with E-state index in [-0.39, 0.29) is 23.1 Å². The predicted octanol–water partition coefficient (Wildman–Crippen LogP) is 5.31. The number of urea groups is 1. The molecule has 0 aliphatic heterocycles. The second kappa shape index (κ2) is 9.65. The fourth-order valence-corrected chi connectivity index (χ4v) is 3.75. The van der Waals surface area contributed by atoms with Gasteiger partial charge in [-0.25, -0.2) is 18.7 Å². The zero-order valence-electron chi connectivity index (χ0n) is 20.4. The molecule has 198 valence electrons. The van der Waals surface area contributed by atoms with Gasteiger partial charge in [-0.3, -0.25) is 4.79 Å². The average Bonchev–Trinajstić information content (AvgIpc) is 3.19. The smallest absolute Gasteiger partial charge is 0.382 e. The summed E-state index contributed by atoms with van der Waals surface area (Å²) in [6.07, 6.45) is -1.97. The Morgan fingerprint density at radius 1 is 0.974 bits per heavy atom. The molecule has 4 rings (SSSR count). The Morgan fingerprint density at radius 2 is 1.63 bits per heavy atom. The second-order valence-electron chi connectivity index (χ2n) is 9.44. The molecule has 0 aliphatic carbocycles. The summed E-state index contributed by atoms with van der Waals surface area (Å²) in [5.74, 6) is -1.35. The summed E-state index contributed by atoms with van der Waals surface area (Å²) >= 11 is 0. The lowest BCUT2D eigenvalue weighted by atomic mass is 10.0. The first-order valence-electron chi connectivity index (χ1n) is 11.2. The number of halogens is 4. The van der Waals surface area contributed by atoms with E-state index >= 15 is 0 Å². The molecule has 0 bridgehead atoms. The van der Waals surface area contributed by atoms with Crippen LogP contribution in [-0.4, -0.2) is 32.1 Å². The molecule has 2 heterocycles. The summed E-state index contributed by atoms with van der Waals surface area (Å²) in [4.78, 5) is 29.4. The highest BCUT2D eigenvalue weighted by atomic mass is 19.4. The van der Waals surface area contributed by atoms with Crippen molar-refractivity contribution in [2.45, 2.75) is 32.5 Å². The van der Waals surface area contributed by atoms with Crippen LogP contribution in [0.25, 0.3) is 16.6 Å². The normalized spacial score (nSPS) is 11.9. The standard InChI is InChI=1S/C25H23F4N7O2/c1-24(2,3)35-22(37)18-11-36-20(21(30)31-12-32-36)19(18)13-4-6-16(7-5-13)33-23(38)34-17-9-14(25(27,28)29)8-15(26)10-17/h4-12H,1-3H3,(H,35,37)(H2,30,31,32)(H2,33,34,38). The third-order valence-corrected chi connectivity index (χ3v) is 5.25. The molecule has 5 N–H and O–H groups in total. The summed E-state index contributed by atoms with van der Waals surface area (Å²) < 4.78 is 53.9. The summed E-state index contributed by atoms with van der Waals surface area (Å²) in [6.45, 7) is 5.52. The molecule has 0 spiro atoms. The monoisotopic (exact) mass is 529 g/mol. The van der Waals surface area contributed by atoms with Crippen molar-refractivity contribution >= 4 is 34.6 Å². The van der Waals surface area contributed by atoms with E-state index in [4.69, 9.17) is 5.73 Å². The molecule has 38 heavy (non-hydrogen) atoms. The third kappa shape index (κ3) is 5.82. The summed E-state index contributed by atoms with van der Waals surface area (Å²) in [6, 6.07) is 7.14. The number of rotatable bonds is 4. The van der Waals surface area contributed by atoms with E-state index in [2.05, 4.69) is 26.0 Å². The van der Waals surface area contributed by atoms with Crippen molar-refractivity contribution in [3.05, 3.63) is 71.9 Å². The number of nitrogens with one attached hydrogen (secondary N) is 3. The molecule has 0 fully saturated rings. The molecule has 2 aromatic heterocycles. The van der Waals surface area contributed by atoms with Crippen LogP contribution in [-0.2, 0) is 6.18 Å². The lowest BCUT2D eigenvalue weighted by molar-refractivity contribution is -0.137. The molecular weight excluding hydrogens is 506 g/mol. The number of nitrogens with two attached hydrogens (primary N) is 1. The number of hydrogen-bond donors (Lipinski definition) is 4. The summed E-state index contributed by atoms with van der Waals surface area (Å²) in [5, 5.41) is 11.7. The van der Waals surface area contributed by atoms with E-state index in [1.165, 1.54) is 29.2 Å². The lowest BCUT2D eigenvalue weighted by Crippen LogP contribution is -2.40. The maximum Gasteiger partial charge on any atom is 0.416 e. The van der Waals surface area contributed by atoms with Gasteiger partial charge in [0.05, 0.1) is 11.1 Å². The number of anilines is 3. The van der Waals surface area contributed by atoms with Crippen molar-refractivity contribution in [3.8, 4) is 11.1 Å². The van der Waals surface area contributed by atoms with E-state index in [1.807, 2.05) is 20.8 Å². The van der Waals surface area contributed by atoms with Crippen LogP contribution >= 0.6 is 0 Å². The molecule has 4 aromatic rings. The number of alkyl halides is 3. The zero-order chi connectivity index (χ0) is 27.8. The number of amides is 3. The summed E-state index contributed by atoms with van der Waals surface area (Å²) in [7, 11) is 0. The van der Waals surface area contributed by atoms with Gasteiger partial charge in [0.25, 0.3) is 5.91 Å². The van der Waals surface area contributed by atoms with Gasteiger partial charge in [0, 0.05) is 28.7 Å². The Morgan fingerprint density at radius 3 is 2.26 bits per heavy atom. The number of fused-ring (bicyclic) bond motifs is 1. The molecule has 0 saturated carbocycles. The molecule has 0 unspecified atom stereocenters. The van der Waals surface area contributed by atoms with Crippen LogP contribution in [0.2, 0.25) is 0 Å². The molecular formula is C25H23F4N7O2. The number of carbonyl (C=O) groups excluding carboxylic acids is 2. The van der Waals surface area contributed by atoms with E-state index in [0.29, 0.717) is 34.3 Å². The number of nitrogens with zero attached hydrogens (tertiary/aromatic N) is 3. The average molecular weight is 529 g/mol. The van der Waals surface area contributed by atoms with Gasteiger partial charge >= 0.3 is 12.2 Å². The molecule has 0 radical (unpaired) electrons. The molecule has 0 atom stereocenters. The molecule has 13 heteroatoms. The maximum absolute atomic E-state index is 13.6. The quantitative estimate of drug-likeness (QED) is 0.267. The van der Waals surface area contributed by atoms with Crippen molar-refractivity contribution in [1.82, 2.24) is 19.9 Å². The molecule has 0 aliphatic rings. The van der Waals surface area contributed by atoms with Gasteiger partial charge in [-0.15, -0.1) is 0 Å². The topological polar surface area (TPSA) is 126 Å². The van der Waals surface area contributed by atoms with Crippen LogP contribution in [0.5, 0.6) is 0 Å². The van der Waals surface area contributed by atoms with E-state index < -0.39 is 29.1 Å². The Kier molecular flexibility index (Phi) is 6.70. The number of aromatic nitrogens is 3. The van der Waals surface area contributed by atoms with E-state index in [0.717, 1.165) is 6.07 Å². The minimum Gasteiger partial charge on any atom is -0.382 e. The van der Waals surface area contributed by atoms with Gasteiger partial charge in [-0.2, -0.15) is 18.3 Å². The van der Waals surface area contributed by atoms with Gasteiger partial charge in [0.15, 0.2) is 5.82 Å². The minimum absolute atomic E-state index is 0.153. The van der Waals surface area contributed by atoms with Gasteiger partial charge in [0.1, 0.15) is 17.7 Å². The van der Waals surface area contributed by atoms with Gasteiger partial charge in [-0.05, 0) is 56.7 Å². The van der Waals surface area contributed by atoms with Gasteiger partial charge in [-0.1, -0.05) is 12.1 Å². The largest absolute Gasteiger partial charge is 0.416 e. The Bertz CT molecular complexity index is 1520. The predicted molar refractivity (Wildman–Crippen MR) is 134 cm³/mol. The number of carbonyl (C=O) groups is 2. The van der Waals surface area contributed by atoms with Crippen LogP contribution in [0.1, 0.15) is 36.7 Å². The Hall–Kier alpha value is -4.68. The molecule has 9 nitrogen and oxygen atoms in total. The van der Waals surface area contributed by atoms with Crippen molar-refractivity contribution < 1.29 is 27.2 Å². The Labute approximate surface area is 214 Å². The highest BCUT2D eigenvalue weighted by Crippen LogP contribution is 2.34. The second-order valence-corrected chi connectivity index (χ2v) is 9.44. The zero-order valence-corrected chi connectivity index (χ0v) is 20.4. The summed E-state index contributed by atoms with van der Waals surface area (Å²) in [5.41, 5.74) is 6.02. The van der Waals surface area contributed by atoms with Gasteiger partial charge < -0.3 is 21.7 Å². The van der Waals surface area contributed by atoms with Crippen LogP contribution in [0.15, 0.2) is 55.0 Å².